The summed E-state index contributed by atoms with van der Waals surface area (Å²) in [5.41, 5.74) is 4.07. The Kier molecular flexibility index (Phi) is 5.22. The average Bonchev–Trinajstić information content (AvgIpc) is 3.54. The summed E-state index contributed by atoms with van der Waals surface area (Å²) in [6, 6.07) is 11.5. The van der Waals surface area contributed by atoms with E-state index in [9.17, 15) is 19.8 Å². The number of H-pyrrole nitrogens is 1. The van der Waals surface area contributed by atoms with Gasteiger partial charge in [-0.2, -0.15) is 0 Å². The number of aliphatic hydroxyl groups is 2. The molecular formula is C32H34N4O4. The van der Waals surface area contributed by atoms with Gasteiger partial charge in [-0.05, 0) is 31.9 Å². The van der Waals surface area contributed by atoms with Gasteiger partial charge < -0.3 is 30.3 Å². The van der Waals surface area contributed by atoms with Crippen LogP contribution < -0.4 is 5.32 Å². The number of hydrogen-bond acceptors (Lipinski definition) is 5. The fourth-order valence-electron chi connectivity index (χ4n) is 7.12. The molecule has 8 heteroatoms. The van der Waals surface area contributed by atoms with Gasteiger partial charge in [-0.1, -0.05) is 68.0 Å². The first-order valence-corrected chi connectivity index (χ1v) is 13.9. The Morgan fingerprint density at radius 2 is 1.88 bits per heavy atom. The van der Waals surface area contributed by atoms with Crippen LogP contribution in [0.3, 0.4) is 0 Å². The molecule has 5 heterocycles. The van der Waals surface area contributed by atoms with Crippen molar-refractivity contribution in [3.05, 3.63) is 88.8 Å². The Morgan fingerprint density at radius 3 is 2.65 bits per heavy atom. The second-order valence-corrected chi connectivity index (χ2v) is 12.4. The predicted molar refractivity (Wildman–Crippen MR) is 152 cm³/mol. The number of anilines is 1. The highest BCUT2D eigenvalue weighted by atomic mass is 16.3. The molecule has 3 aromatic rings. The molecule has 0 saturated carbocycles. The van der Waals surface area contributed by atoms with Gasteiger partial charge >= 0.3 is 0 Å². The van der Waals surface area contributed by atoms with E-state index in [-0.39, 0.29) is 18.2 Å². The predicted octanol–water partition coefficient (Wildman–Crippen LogP) is 3.97. The molecule has 0 unspecified atom stereocenters. The van der Waals surface area contributed by atoms with Crippen LogP contribution in [-0.2, 0) is 27.0 Å². The van der Waals surface area contributed by atoms with Crippen molar-refractivity contribution < 1.29 is 19.8 Å². The summed E-state index contributed by atoms with van der Waals surface area (Å²) in [7, 11) is 0. The zero-order chi connectivity index (χ0) is 28.1. The topological polar surface area (TPSA) is 109 Å². The SMILES string of the molecule is CC(C)=CCc1cccc2c1N[C@@H]1N3C(=O)[C@@H]4[C@H](O)c5c([nH]c6ccccc56)C(C)(C)/C=C\N4C(=O)[C@@H]3C[C@]21O. The monoisotopic (exact) mass is 538 g/mol. The molecule has 4 aliphatic rings. The first kappa shape index (κ1) is 25.1. The van der Waals surface area contributed by atoms with E-state index >= 15 is 0 Å². The van der Waals surface area contributed by atoms with Crippen LogP contribution in [0.2, 0.25) is 0 Å². The molecule has 5 atom stereocenters. The Hall–Kier alpha value is -3.88. The number of benzene rings is 2. The number of carbonyl (C=O) groups excluding carboxylic acids is 2. The number of aromatic amines is 1. The first-order valence-electron chi connectivity index (χ1n) is 13.9. The van der Waals surface area contributed by atoms with Crippen LogP contribution in [-0.4, -0.2) is 55.1 Å². The average molecular weight is 539 g/mol. The van der Waals surface area contributed by atoms with E-state index < -0.39 is 35.4 Å². The van der Waals surface area contributed by atoms with Gasteiger partial charge in [0, 0.05) is 51.4 Å². The number of nitrogens with zero attached hydrogens (tertiary/aromatic N) is 2. The van der Waals surface area contributed by atoms with Crippen LogP contribution in [0.4, 0.5) is 5.69 Å². The van der Waals surface area contributed by atoms with Crippen LogP contribution in [0.15, 0.2) is 66.4 Å². The van der Waals surface area contributed by atoms with E-state index in [2.05, 4.69) is 16.4 Å². The summed E-state index contributed by atoms with van der Waals surface area (Å²) in [4.78, 5) is 34.8. The van der Waals surface area contributed by atoms with E-state index in [1.54, 1.807) is 6.20 Å². The summed E-state index contributed by atoms with van der Waals surface area (Å²) in [5, 5.41) is 28.3. The van der Waals surface area contributed by atoms with Crippen molar-refractivity contribution >= 4 is 28.4 Å². The number of nitrogens with one attached hydrogen (secondary N) is 2. The number of para-hydroxylation sites is 2. The Labute approximate surface area is 233 Å². The van der Waals surface area contributed by atoms with Crippen molar-refractivity contribution in [3.8, 4) is 0 Å². The summed E-state index contributed by atoms with van der Waals surface area (Å²) in [6.07, 6.45) is 4.40. The van der Waals surface area contributed by atoms with Gasteiger partial charge in [-0.3, -0.25) is 9.59 Å². The standard InChI is InChI=1S/C32H34N4O4/c1-17(2)12-13-18-8-7-10-20-24(18)34-30-32(20,40)16-22-28(38)35-15-14-31(3,4)27-23(19-9-5-6-11-21(19)33-27)26(37)25(35)29(39)36(22)30/h5-12,14-15,22,25-26,30,33-34,37,40H,13,16H2,1-4H3/b15-14-/t22-,25-,26+,30+,32-/m0/s1. The molecule has 4 aliphatic heterocycles. The molecule has 206 valence electrons. The molecule has 2 aromatic carbocycles. The largest absolute Gasteiger partial charge is 0.386 e. The molecule has 40 heavy (non-hydrogen) atoms. The smallest absolute Gasteiger partial charge is 0.251 e. The third kappa shape index (κ3) is 3.26. The van der Waals surface area contributed by atoms with E-state index in [4.69, 9.17) is 0 Å². The molecular weight excluding hydrogens is 504 g/mol. The number of amides is 2. The lowest BCUT2D eigenvalue weighted by molar-refractivity contribution is -0.163. The molecule has 4 N–H and O–H groups in total. The van der Waals surface area contributed by atoms with E-state index in [1.165, 1.54) is 15.4 Å². The van der Waals surface area contributed by atoms with Crippen molar-refractivity contribution in [1.82, 2.24) is 14.8 Å². The Bertz CT molecular complexity index is 1650. The van der Waals surface area contributed by atoms with Crippen LogP contribution in [0.1, 0.15) is 62.6 Å². The van der Waals surface area contributed by atoms with Gasteiger partial charge in [-0.25, -0.2) is 0 Å². The second-order valence-electron chi connectivity index (χ2n) is 12.4. The molecule has 8 nitrogen and oxygen atoms in total. The fourth-order valence-corrected chi connectivity index (χ4v) is 7.12. The maximum absolute atomic E-state index is 14.4. The van der Waals surface area contributed by atoms with Gasteiger partial charge in [0.15, 0.2) is 0 Å². The van der Waals surface area contributed by atoms with Gasteiger partial charge in [0.2, 0.25) is 5.91 Å². The maximum atomic E-state index is 14.4. The Morgan fingerprint density at radius 1 is 1.10 bits per heavy atom. The zero-order valence-electron chi connectivity index (χ0n) is 23.1. The minimum Gasteiger partial charge on any atom is -0.386 e. The third-order valence-electron chi connectivity index (χ3n) is 9.18. The van der Waals surface area contributed by atoms with Crippen molar-refractivity contribution in [2.75, 3.05) is 5.32 Å². The number of piperazine rings is 1. The summed E-state index contributed by atoms with van der Waals surface area (Å²) >= 11 is 0. The lowest BCUT2D eigenvalue weighted by atomic mass is 9.81. The number of allylic oxidation sites excluding steroid dienone is 3. The minimum absolute atomic E-state index is 0.0865. The molecule has 7 rings (SSSR count). The van der Waals surface area contributed by atoms with Crippen LogP contribution in [0, 0.1) is 0 Å². The van der Waals surface area contributed by atoms with Crippen LogP contribution in [0.25, 0.3) is 10.9 Å². The van der Waals surface area contributed by atoms with Gasteiger partial charge in [0.25, 0.3) is 5.91 Å². The zero-order valence-corrected chi connectivity index (χ0v) is 23.1. The summed E-state index contributed by atoms with van der Waals surface area (Å²) in [6.45, 7) is 8.12. The van der Waals surface area contributed by atoms with Crippen molar-refractivity contribution in [2.24, 2.45) is 0 Å². The summed E-state index contributed by atoms with van der Waals surface area (Å²) in [5.74, 6) is -0.685. The third-order valence-corrected chi connectivity index (χ3v) is 9.18. The van der Waals surface area contributed by atoms with E-state index in [0.717, 1.165) is 27.8 Å². The minimum atomic E-state index is -1.42. The van der Waals surface area contributed by atoms with Crippen molar-refractivity contribution in [1.29, 1.82) is 0 Å². The summed E-state index contributed by atoms with van der Waals surface area (Å²) < 4.78 is 0. The van der Waals surface area contributed by atoms with Crippen LogP contribution in [0.5, 0.6) is 0 Å². The molecule has 0 aliphatic carbocycles. The number of rotatable bonds is 2. The molecule has 2 fully saturated rings. The molecule has 0 radical (unpaired) electrons. The second kappa shape index (κ2) is 8.32. The van der Waals surface area contributed by atoms with Crippen LogP contribution >= 0.6 is 0 Å². The normalized spacial score (nSPS) is 30.4. The number of carbonyl (C=O) groups is 2. The van der Waals surface area contributed by atoms with Gasteiger partial charge in [0.1, 0.15) is 30.0 Å². The highest BCUT2D eigenvalue weighted by Crippen LogP contribution is 2.53. The number of aromatic nitrogens is 1. The Balaban J connectivity index is 1.34. The lowest BCUT2D eigenvalue weighted by Gasteiger charge is -2.45. The molecule has 0 bridgehead atoms. The quantitative estimate of drug-likeness (QED) is 0.370. The lowest BCUT2D eigenvalue weighted by Crippen LogP contribution is -2.65. The highest BCUT2D eigenvalue weighted by molar-refractivity contribution is 6.00. The van der Waals surface area contributed by atoms with E-state index in [0.29, 0.717) is 17.5 Å². The molecule has 1 aromatic heterocycles. The molecule has 2 amide bonds. The first-order chi connectivity index (χ1) is 19.0. The molecule has 2 saturated heterocycles. The van der Waals surface area contributed by atoms with Crippen molar-refractivity contribution in [3.63, 3.8) is 0 Å². The number of aliphatic hydroxyl groups excluding tert-OH is 1. The number of hydrogen-bond donors (Lipinski definition) is 4. The highest BCUT2D eigenvalue weighted by Gasteiger charge is 2.65. The number of fused-ring (bicyclic) bond motifs is 9. The fraction of sp³-hybridized carbons (Fsp3) is 0.375. The molecule has 0 spiro atoms. The van der Waals surface area contributed by atoms with Gasteiger partial charge in [-0.15, -0.1) is 0 Å². The maximum Gasteiger partial charge on any atom is 0.251 e. The van der Waals surface area contributed by atoms with Gasteiger partial charge in [0.05, 0.1) is 0 Å². The van der Waals surface area contributed by atoms with Crippen molar-refractivity contribution in [2.45, 2.75) is 75.9 Å². The van der Waals surface area contributed by atoms with E-state index in [1.807, 2.05) is 76.2 Å².